The summed E-state index contributed by atoms with van der Waals surface area (Å²) in [6, 6.07) is 5.52. The highest BCUT2D eigenvalue weighted by atomic mass is 79.9. The Bertz CT molecular complexity index is 669. The maximum Gasteiger partial charge on any atom is 0.350 e. The second kappa shape index (κ2) is 6.16. The number of nitrogens with two attached hydrogens (primary N) is 1. The van der Waals surface area contributed by atoms with Crippen LogP contribution >= 0.6 is 38.9 Å². The van der Waals surface area contributed by atoms with Gasteiger partial charge in [0.2, 0.25) is 0 Å². The number of hydrogen-bond donors (Lipinski definition) is 1. The Labute approximate surface area is 134 Å². The standard InChI is InChI=1S/C14H13BrClNO2S/c1-3-19-14(18)13-11(17)7(2)12(20-13)9-6-8(16)4-5-10(9)15/h4-6H,3,17H2,1-2H3. The predicted octanol–water partition coefficient (Wildman–Crippen LogP) is 4.90. The maximum absolute atomic E-state index is 11.9. The summed E-state index contributed by atoms with van der Waals surface area (Å²) in [5, 5.41) is 0.632. The normalized spacial score (nSPS) is 10.6. The fraction of sp³-hybridized carbons (Fsp3) is 0.214. The SMILES string of the molecule is CCOC(=O)c1sc(-c2cc(Cl)ccc2Br)c(C)c1N. The van der Waals surface area contributed by atoms with Crippen LogP contribution in [0.25, 0.3) is 10.4 Å². The smallest absolute Gasteiger partial charge is 0.350 e. The van der Waals surface area contributed by atoms with Crippen molar-refractivity contribution in [1.29, 1.82) is 0 Å². The van der Waals surface area contributed by atoms with Crippen LogP contribution in [0.15, 0.2) is 22.7 Å². The first-order chi connectivity index (χ1) is 9.45. The number of ether oxygens (including phenoxy) is 1. The van der Waals surface area contributed by atoms with Crippen molar-refractivity contribution in [1.82, 2.24) is 0 Å². The van der Waals surface area contributed by atoms with Crippen LogP contribution in [0.4, 0.5) is 5.69 Å². The van der Waals surface area contributed by atoms with Crippen LogP contribution in [0, 0.1) is 6.92 Å². The molecule has 2 aromatic rings. The monoisotopic (exact) mass is 373 g/mol. The first kappa shape index (κ1) is 15.4. The van der Waals surface area contributed by atoms with Crippen LogP contribution in [-0.4, -0.2) is 12.6 Å². The van der Waals surface area contributed by atoms with E-state index in [2.05, 4.69) is 15.9 Å². The highest BCUT2D eigenvalue weighted by Gasteiger charge is 2.21. The Morgan fingerprint density at radius 1 is 1.50 bits per heavy atom. The zero-order valence-corrected chi connectivity index (χ0v) is 14.2. The number of carbonyl (C=O) groups is 1. The molecule has 6 heteroatoms. The molecule has 0 spiro atoms. The molecule has 1 aromatic carbocycles. The summed E-state index contributed by atoms with van der Waals surface area (Å²) in [5.41, 5.74) is 8.27. The van der Waals surface area contributed by atoms with E-state index in [1.54, 1.807) is 13.0 Å². The van der Waals surface area contributed by atoms with Gasteiger partial charge in [-0.25, -0.2) is 4.79 Å². The van der Waals surface area contributed by atoms with Crippen molar-refractivity contribution >= 4 is 50.5 Å². The molecule has 0 amide bonds. The zero-order chi connectivity index (χ0) is 14.9. The molecule has 0 atom stereocenters. The van der Waals surface area contributed by atoms with Crippen molar-refractivity contribution in [3.63, 3.8) is 0 Å². The molecular weight excluding hydrogens is 362 g/mol. The van der Waals surface area contributed by atoms with E-state index in [9.17, 15) is 4.79 Å². The molecule has 0 bridgehead atoms. The molecule has 2 N–H and O–H groups in total. The van der Waals surface area contributed by atoms with Gasteiger partial charge in [-0.05, 0) is 37.6 Å². The molecule has 0 saturated carbocycles. The van der Waals surface area contributed by atoms with Crippen molar-refractivity contribution < 1.29 is 9.53 Å². The van der Waals surface area contributed by atoms with Crippen LogP contribution in [0.3, 0.4) is 0 Å². The lowest BCUT2D eigenvalue weighted by molar-refractivity contribution is 0.0533. The van der Waals surface area contributed by atoms with Crippen molar-refractivity contribution in [2.45, 2.75) is 13.8 Å². The molecule has 0 aliphatic carbocycles. The molecule has 0 radical (unpaired) electrons. The second-order valence-electron chi connectivity index (χ2n) is 4.14. The van der Waals surface area contributed by atoms with Crippen LogP contribution in [0.1, 0.15) is 22.2 Å². The van der Waals surface area contributed by atoms with Gasteiger partial charge >= 0.3 is 5.97 Å². The second-order valence-corrected chi connectivity index (χ2v) is 6.46. The van der Waals surface area contributed by atoms with E-state index >= 15 is 0 Å². The molecule has 0 aliphatic rings. The van der Waals surface area contributed by atoms with E-state index in [4.69, 9.17) is 22.1 Å². The van der Waals surface area contributed by atoms with E-state index in [0.717, 1.165) is 20.5 Å². The summed E-state index contributed by atoms with van der Waals surface area (Å²) in [6.45, 7) is 3.98. The topological polar surface area (TPSA) is 52.3 Å². The summed E-state index contributed by atoms with van der Waals surface area (Å²) >= 11 is 10.9. The van der Waals surface area contributed by atoms with Crippen molar-refractivity contribution in [3.05, 3.63) is 38.1 Å². The Morgan fingerprint density at radius 3 is 2.85 bits per heavy atom. The number of nitrogen functional groups attached to an aromatic ring is 1. The van der Waals surface area contributed by atoms with Gasteiger partial charge in [0.1, 0.15) is 4.88 Å². The largest absolute Gasteiger partial charge is 0.462 e. The van der Waals surface area contributed by atoms with Crippen molar-refractivity contribution in [2.75, 3.05) is 12.3 Å². The minimum absolute atomic E-state index is 0.325. The van der Waals surface area contributed by atoms with Gasteiger partial charge < -0.3 is 10.5 Å². The molecule has 0 unspecified atom stereocenters. The molecule has 3 nitrogen and oxygen atoms in total. The first-order valence-corrected chi connectivity index (χ1v) is 7.95. The molecule has 0 aliphatic heterocycles. The molecule has 2 rings (SSSR count). The van der Waals surface area contributed by atoms with Gasteiger partial charge in [-0.3, -0.25) is 0 Å². The van der Waals surface area contributed by atoms with Crippen LogP contribution < -0.4 is 5.73 Å². The number of esters is 1. The number of anilines is 1. The van der Waals surface area contributed by atoms with Gasteiger partial charge in [-0.2, -0.15) is 0 Å². The molecule has 1 aromatic heterocycles. The van der Waals surface area contributed by atoms with Gasteiger partial charge in [0.25, 0.3) is 0 Å². The molecule has 0 fully saturated rings. The number of benzene rings is 1. The quantitative estimate of drug-likeness (QED) is 0.778. The number of carbonyl (C=O) groups excluding carboxylic acids is 1. The van der Waals surface area contributed by atoms with Crippen molar-refractivity contribution in [3.8, 4) is 10.4 Å². The van der Waals surface area contributed by atoms with E-state index in [0.29, 0.717) is 22.2 Å². The third-order valence-corrected chi connectivity index (χ3v) is 5.07. The Kier molecular flexibility index (Phi) is 4.73. The Morgan fingerprint density at radius 2 is 2.20 bits per heavy atom. The highest BCUT2D eigenvalue weighted by Crippen LogP contribution is 2.42. The van der Waals surface area contributed by atoms with Gasteiger partial charge in [0, 0.05) is 19.9 Å². The van der Waals surface area contributed by atoms with E-state index in [1.165, 1.54) is 11.3 Å². The minimum atomic E-state index is -0.387. The Balaban J connectivity index is 2.56. The summed E-state index contributed by atoms with van der Waals surface area (Å²) in [7, 11) is 0. The fourth-order valence-corrected chi connectivity index (χ4v) is 3.70. The van der Waals surface area contributed by atoms with E-state index in [1.807, 2.05) is 19.1 Å². The lowest BCUT2D eigenvalue weighted by atomic mass is 10.1. The number of hydrogen-bond acceptors (Lipinski definition) is 4. The van der Waals surface area contributed by atoms with Gasteiger partial charge in [0.15, 0.2) is 0 Å². The third kappa shape index (κ3) is 2.85. The molecule has 20 heavy (non-hydrogen) atoms. The number of rotatable bonds is 3. The summed E-state index contributed by atoms with van der Waals surface area (Å²) in [6.07, 6.45) is 0. The van der Waals surface area contributed by atoms with Gasteiger partial charge in [-0.15, -0.1) is 11.3 Å². The molecule has 1 heterocycles. The zero-order valence-electron chi connectivity index (χ0n) is 11.0. The first-order valence-electron chi connectivity index (χ1n) is 5.97. The average molecular weight is 375 g/mol. The van der Waals surface area contributed by atoms with E-state index in [-0.39, 0.29) is 5.97 Å². The summed E-state index contributed by atoms with van der Waals surface area (Å²) in [5.74, 6) is -0.387. The minimum Gasteiger partial charge on any atom is -0.462 e. The Hall–Kier alpha value is -1.04. The van der Waals surface area contributed by atoms with Gasteiger partial charge in [0.05, 0.1) is 12.3 Å². The maximum atomic E-state index is 11.9. The molecule has 106 valence electrons. The number of thiophene rings is 1. The van der Waals surface area contributed by atoms with Crippen LogP contribution in [0.2, 0.25) is 5.02 Å². The summed E-state index contributed by atoms with van der Waals surface area (Å²) < 4.78 is 5.92. The third-order valence-electron chi connectivity index (χ3n) is 2.83. The predicted molar refractivity (Wildman–Crippen MR) is 87.6 cm³/mol. The summed E-state index contributed by atoms with van der Waals surface area (Å²) in [4.78, 5) is 13.2. The average Bonchev–Trinajstić information content (AvgIpc) is 2.70. The van der Waals surface area contributed by atoms with E-state index < -0.39 is 0 Å². The van der Waals surface area contributed by atoms with Gasteiger partial charge in [-0.1, -0.05) is 27.5 Å². The molecular formula is C14H13BrClNO2S. The lowest BCUT2D eigenvalue weighted by Gasteiger charge is -2.04. The highest BCUT2D eigenvalue weighted by molar-refractivity contribution is 9.10. The van der Waals surface area contributed by atoms with Crippen LogP contribution in [-0.2, 0) is 4.74 Å². The molecule has 0 saturated heterocycles. The lowest BCUT2D eigenvalue weighted by Crippen LogP contribution is -2.05. The van der Waals surface area contributed by atoms with Crippen LogP contribution in [0.5, 0.6) is 0 Å². The number of halogens is 2. The van der Waals surface area contributed by atoms with Crippen molar-refractivity contribution in [2.24, 2.45) is 0 Å². The fourth-order valence-electron chi connectivity index (χ4n) is 1.80.